The van der Waals surface area contributed by atoms with Crippen LogP contribution >= 0.6 is 15.9 Å². The second-order valence-electron chi connectivity index (χ2n) is 3.04. The minimum absolute atomic E-state index is 0.0966. The van der Waals surface area contributed by atoms with Gasteiger partial charge in [-0.25, -0.2) is 0 Å². The van der Waals surface area contributed by atoms with Crippen molar-refractivity contribution in [2.75, 3.05) is 13.7 Å². The number of amides is 1. The highest BCUT2D eigenvalue weighted by molar-refractivity contribution is 9.10. The van der Waals surface area contributed by atoms with Crippen LogP contribution in [0.4, 0.5) is 0 Å². The number of primary amides is 1. The van der Waals surface area contributed by atoms with Crippen LogP contribution in [0.2, 0.25) is 0 Å². The highest BCUT2D eigenvalue weighted by Crippen LogP contribution is 2.22. The second-order valence-corrected chi connectivity index (χ2v) is 3.89. The first-order chi connectivity index (χ1) is 7.13. The van der Waals surface area contributed by atoms with Crippen molar-refractivity contribution in [2.24, 2.45) is 5.73 Å². The molecule has 1 amide bonds. The average molecular weight is 273 g/mol. The fraction of sp³-hybridized carbons (Fsp3) is 0.300. The van der Waals surface area contributed by atoms with Crippen molar-refractivity contribution < 1.29 is 9.53 Å². The zero-order valence-electron chi connectivity index (χ0n) is 8.42. The molecule has 82 valence electrons. The molecule has 0 saturated carbocycles. The van der Waals surface area contributed by atoms with Crippen molar-refractivity contribution in [1.29, 1.82) is 0 Å². The zero-order chi connectivity index (χ0) is 11.3. The lowest BCUT2D eigenvalue weighted by molar-refractivity contribution is -0.119. The van der Waals surface area contributed by atoms with Crippen LogP contribution in [0.15, 0.2) is 22.7 Å². The molecule has 3 N–H and O–H groups in total. The Labute approximate surface area is 96.9 Å². The van der Waals surface area contributed by atoms with Gasteiger partial charge in [0.2, 0.25) is 0 Å². The maximum Gasteiger partial charge on any atom is 0.255 e. The number of hydrogen-bond donors (Lipinski definition) is 2. The van der Waals surface area contributed by atoms with Gasteiger partial charge in [-0.15, -0.1) is 0 Å². The molecule has 0 radical (unpaired) electrons. The lowest BCUT2D eigenvalue weighted by atomic mass is 10.2. The van der Waals surface area contributed by atoms with Gasteiger partial charge < -0.3 is 15.8 Å². The highest BCUT2D eigenvalue weighted by Gasteiger charge is 2.02. The number of halogens is 1. The van der Waals surface area contributed by atoms with Crippen LogP contribution in [0.25, 0.3) is 0 Å². The van der Waals surface area contributed by atoms with E-state index in [1.165, 1.54) is 0 Å². The summed E-state index contributed by atoms with van der Waals surface area (Å²) < 4.78 is 6.19. The molecule has 5 heteroatoms. The second kappa shape index (κ2) is 5.72. The Kier molecular flexibility index (Phi) is 4.58. The summed E-state index contributed by atoms with van der Waals surface area (Å²) in [5.74, 6) is 0.162. The topological polar surface area (TPSA) is 64.3 Å². The van der Waals surface area contributed by atoms with Crippen LogP contribution in [-0.4, -0.2) is 19.6 Å². The van der Waals surface area contributed by atoms with Crippen LogP contribution in [0.1, 0.15) is 5.56 Å². The minimum atomic E-state index is -0.479. The molecule has 0 spiro atoms. The molecule has 0 atom stereocenters. The summed E-state index contributed by atoms with van der Waals surface area (Å²) in [6, 6.07) is 5.53. The summed E-state index contributed by atoms with van der Waals surface area (Å²) in [6.07, 6.45) is 0. The van der Waals surface area contributed by atoms with Crippen LogP contribution in [0, 0.1) is 0 Å². The van der Waals surface area contributed by atoms with Crippen molar-refractivity contribution in [2.45, 2.75) is 6.54 Å². The van der Waals surface area contributed by atoms with Gasteiger partial charge in [-0.2, -0.15) is 0 Å². The van der Waals surface area contributed by atoms with Crippen molar-refractivity contribution in [3.8, 4) is 5.75 Å². The molecule has 0 aliphatic carbocycles. The van der Waals surface area contributed by atoms with Gasteiger partial charge >= 0.3 is 0 Å². The maximum absolute atomic E-state index is 10.5. The highest BCUT2D eigenvalue weighted by atomic mass is 79.9. The van der Waals surface area contributed by atoms with Gasteiger partial charge in [0, 0.05) is 11.0 Å². The molecule has 0 unspecified atom stereocenters. The smallest absolute Gasteiger partial charge is 0.255 e. The van der Waals surface area contributed by atoms with E-state index >= 15 is 0 Å². The summed E-state index contributed by atoms with van der Waals surface area (Å²) in [5.41, 5.74) is 6.05. The van der Waals surface area contributed by atoms with Gasteiger partial charge in [-0.05, 0) is 30.8 Å². The van der Waals surface area contributed by atoms with E-state index in [1.807, 2.05) is 19.2 Å². The summed E-state index contributed by atoms with van der Waals surface area (Å²) in [5, 5.41) is 3.04. The maximum atomic E-state index is 10.5. The molecule has 0 heterocycles. The fourth-order valence-corrected chi connectivity index (χ4v) is 1.51. The Morgan fingerprint density at radius 3 is 2.93 bits per heavy atom. The molecule has 4 nitrogen and oxygen atoms in total. The fourth-order valence-electron chi connectivity index (χ4n) is 1.12. The van der Waals surface area contributed by atoms with Crippen LogP contribution < -0.4 is 15.8 Å². The summed E-state index contributed by atoms with van der Waals surface area (Å²) >= 11 is 3.42. The van der Waals surface area contributed by atoms with Gasteiger partial charge in [0.15, 0.2) is 6.61 Å². The van der Waals surface area contributed by atoms with Gasteiger partial charge in [0.1, 0.15) is 5.75 Å². The number of rotatable bonds is 5. The third-order valence-electron chi connectivity index (χ3n) is 1.77. The molecule has 0 bridgehead atoms. The third kappa shape index (κ3) is 3.89. The number of carbonyl (C=O) groups excluding carboxylic acids is 1. The Bertz CT molecular complexity index is 355. The molecule has 1 aromatic rings. The van der Waals surface area contributed by atoms with E-state index in [9.17, 15) is 4.79 Å². The quantitative estimate of drug-likeness (QED) is 0.842. The van der Waals surface area contributed by atoms with Crippen LogP contribution in [0.3, 0.4) is 0 Å². The van der Waals surface area contributed by atoms with Gasteiger partial charge in [0.25, 0.3) is 5.91 Å². The lowest BCUT2D eigenvalue weighted by Gasteiger charge is -2.08. The van der Waals surface area contributed by atoms with E-state index < -0.39 is 5.91 Å². The standard InChI is InChI=1S/C10H13BrN2O2/c1-13-5-7-4-8(2-3-9(7)11)15-6-10(12)14/h2-4,13H,5-6H2,1H3,(H2,12,14). The minimum Gasteiger partial charge on any atom is -0.484 e. The molecule has 0 fully saturated rings. The molecular weight excluding hydrogens is 260 g/mol. The molecule has 0 aromatic heterocycles. The van der Waals surface area contributed by atoms with E-state index in [1.54, 1.807) is 6.07 Å². The first-order valence-electron chi connectivity index (χ1n) is 4.47. The number of ether oxygens (including phenoxy) is 1. The first-order valence-corrected chi connectivity index (χ1v) is 5.27. The third-order valence-corrected chi connectivity index (χ3v) is 2.54. The van der Waals surface area contributed by atoms with Gasteiger partial charge in [0.05, 0.1) is 0 Å². The van der Waals surface area contributed by atoms with Crippen molar-refractivity contribution in [3.05, 3.63) is 28.2 Å². The molecule has 1 rings (SSSR count). The number of nitrogens with two attached hydrogens (primary N) is 1. The molecule has 0 saturated heterocycles. The summed E-state index contributed by atoms with van der Waals surface area (Å²) in [4.78, 5) is 10.5. The Balaban J connectivity index is 2.73. The average Bonchev–Trinajstić information content (AvgIpc) is 2.19. The van der Waals surface area contributed by atoms with Gasteiger partial charge in [-0.3, -0.25) is 4.79 Å². The first kappa shape index (κ1) is 12.0. The Morgan fingerprint density at radius 2 is 2.33 bits per heavy atom. The molecule has 0 aliphatic rings. The van der Waals surface area contributed by atoms with Crippen molar-refractivity contribution in [3.63, 3.8) is 0 Å². The largest absolute Gasteiger partial charge is 0.484 e. The normalized spacial score (nSPS) is 10.0. The molecule has 0 aliphatic heterocycles. The predicted molar refractivity (Wildman–Crippen MR) is 61.6 cm³/mol. The van der Waals surface area contributed by atoms with E-state index in [4.69, 9.17) is 10.5 Å². The van der Waals surface area contributed by atoms with Gasteiger partial charge in [-0.1, -0.05) is 15.9 Å². The van der Waals surface area contributed by atoms with Crippen molar-refractivity contribution >= 4 is 21.8 Å². The summed E-state index contributed by atoms with van der Waals surface area (Å²) in [7, 11) is 1.86. The number of benzene rings is 1. The predicted octanol–water partition coefficient (Wildman–Crippen LogP) is 1.03. The van der Waals surface area contributed by atoms with E-state index in [-0.39, 0.29) is 6.61 Å². The lowest BCUT2D eigenvalue weighted by Crippen LogP contribution is -2.20. The molecule has 15 heavy (non-hydrogen) atoms. The number of hydrogen-bond acceptors (Lipinski definition) is 3. The van der Waals surface area contributed by atoms with E-state index in [0.29, 0.717) is 5.75 Å². The SMILES string of the molecule is CNCc1cc(OCC(N)=O)ccc1Br. The molecular formula is C10H13BrN2O2. The monoisotopic (exact) mass is 272 g/mol. The number of carbonyl (C=O) groups is 1. The van der Waals surface area contributed by atoms with E-state index in [2.05, 4.69) is 21.2 Å². The van der Waals surface area contributed by atoms with Crippen LogP contribution in [-0.2, 0) is 11.3 Å². The zero-order valence-corrected chi connectivity index (χ0v) is 10.0. The summed E-state index contributed by atoms with van der Waals surface area (Å²) in [6.45, 7) is 0.634. The van der Waals surface area contributed by atoms with Crippen molar-refractivity contribution in [1.82, 2.24) is 5.32 Å². The Morgan fingerprint density at radius 1 is 1.60 bits per heavy atom. The Hall–Kier alpha value is -1.07. The number of nitrogens with one attached hydrogen (secondary N) is 1. The molecule has 1 aromatic carbocycles. The van der Waals surface area contributed by atoms with E-state index in [0.717, 1.165) is 16.6 Å². The van der Waals surface area contributed by atoms with Crippen LogP contribution in [0.5, 0.6) is 5.75 Å².